The number of thiocarbonyl (C=S) groups is 1. The maximum atomic E-state index is 5.93. The van der Waals surface area contributed by atoms with Gasteiger partial charge in [-0.05, 0) is 26.1 Å². The van der Waals surface area contributed by atoms with E-state index in [0.717, 1.165) is 41.9 Å². The first-order chi connectivity index (χ1) is 10.1. The lowest BCUT2D eigenvalue weighted by Crippen LogP contribution is -2.50. The van der Waals surface area contributed by atoms with Crippen LogP contribution in [0.4, 0.5) is 5.82 Å². The number of para-hydroxylation sites is 1. The second-order valence-electron chi connectivity index (χ2n) is 5.69. The summed E-state index contributed by atoms with van der Waals surface area (Å²) < 4.78 is 0. The monoisotopic (exact) mass is 300 g/mol. The molecule has 0 aliphatic carbocycles. The summed E-state index contributed by atoms with van der Waals surface area (Å²) in [5.74, 6) is 0.918. The quantitative estimate of drug-likeness (QED) is 0.860. The molecule has 1 saturated heterocycles. The summed E-state index contributed by atoms with van der Waals surface area (Å²) in [6.45, 7) is 5.14. The van der Waals surface area contributed by atoms with Gasteiger partial charge in [-0.2, -0.15) is 0 Å². The number of anilines is 1. The van der Waals surface area contributed by atoms with Gasteiger partial charge in [-0.25, -0.2) is 4.98 Å². The summed E-state index contributed by atoms with van der Waals surface area (Å²) in [6.07, 6.45) is 0. The summed E-state index contributed by atoms with van der Waals surface area (Å²) in [4.78, 5) is 9.89. The first kappa shape index (κ1) is 14.2. The van der Waals surface area contributed by atoms with Crippen LogP contribution >= 0.6 is 12.2 Å². The van der Waals surface area contributed by atoms with Crippen molar-refractivity contribution in [3.63, 3.8) is 0 Å². The van der Waals surface area contributed by atoms with Gasteiger partial charge in [0.1, 0.15) is 10.8 Å². The van der Waals surface area contributed by atoms with Gasteiger partial charge >= 0.3 is 0 Å². The van der Waals surface area contributed by atoms with E-state index >= 15 is 0 Å². The van der Waals surface area contributed by atoms with Crippen molar-refractivity contribution in [2.75, 3.05) is 31.6 Å². The molecule has 1 aromatic carbocycles. The highest BCUT2D eigenvalue weighted by Gasteiger charge is 2.24. The molecule has 1 unspecified atom stereocenters. The number of likely N-dealkylation sites (N-methyl/N-ethyl adjacent to an activating group) is 1. The molecule has 0 saturated carbocycles. The Labute approximate surface area is 130 Å². The van der Waals surface area contributed by atoms with Crippen molar-refractivity contribution in [3.8, 4) is 0 Å². The van der Waals surface area contributed by atoms with Gasteiger partial charge in [-0.3, -0.25) is 0 Å². The number of hydrogen-bond donors (Lipinski definition) is 1. The number of rotatable bonds is 2. The summed E-state index contributed by atoms with van der Waals surface area (Å²) in [7, 11) is 2.16. The predicted octanol–water partition coefficient (Wildman–Crippen LogP) is 2.01. The number of nitrogens with zero attached hydrogens (tertiary/aromatic N) is 3. The van der Waals surface area contributed by atoms with Crippen molar-refractivity contribution in [1.82, 2.24) is 9.88 Å². The van der Waals surface area contributed by atoms with Crippen molar-refractivity contribution in [3.05, 3.63) is 35.9 Å². The number of aromatic nitrogens is 1. The van der Waals surface area contributed by atoms with Crippen molar-refractivity contribution in [2.45, 2.75) is 13.0 Å². The number of nitrogens with two attached hydrogens (primary N) is 1. The topological polar surface area (TPSA) is 45.4 Å². The highest BCUT2D eigenvalue weighted by atomic mass is 32.1. The highest BCUT2D eigenvalue weighted by molar-refractivity contribution is 7.80. The van der Waals surface area contributed by atoms with Gasteiger partial charge in [0, 0.05) is 31.1 Å². The van der Waals surface area contributed by atoms with Crippen LogP contribution in [0, 0.1) is 0 Å². The van der Waals surface area contributed by atoms with Gasteiger partial charge in [0.15, 0.2) is 0 Å². The van der Waals surface area contributed by atoms with E-state index in [1.807, 2.05) is 24.3 Å². The number of piperazine rings is 1. The maximum absolute atomic E-state index is 5.93. The maximum Gasteiger partial charge on any atom is 0.139 e. The average molecular weight is 300 g/mol. The molecule has 0 spiro atoms. The number of pyridine rings is 1. The minimum absolute atomic E-state index is 0.412. The molecule has 1 atom stereocenters. The Balaban J connectivity index is 2.07. The fourth-order valence-electron chi connectivity index (χ4n) is 2.77. The predicted molar refractivity (Wildman–Crippen MR) is 91.9 cm³/mol. The van der Waals surface area contributed by atoms with Gasteiger partial charge in [0.2, 0.25) is 0 Å². The lowest BCUT2D eigenvalue weighted by Gasteiger charge is -2.39. The Morgan fingerprint density at radius 1 is 1.33 bits per heavy atom. The van der Waals surface area contributed by atoms with Crippen molar-refractivity contribution in [1.29, 1.82) is 0 Å². The number of hydrogen-bond acceptors (Lipinski definition) is 4. The smallest absolute Gasteiger partial charge is 0.139 e. The Morgan fingerprint density at radius 3 is 2.81 bits per heavy atom. The van der Waals surface area contributed by atoms with Crippen LogP contribution in [0.3, 0.4) is 0 Å². The summed E-state index contributed by atoms with van der Waals surface area (Å²) in [6, 6.07) is 10.6. The molecule has 3 rings (SSSR count). The summed E-state index contributed by atoms with van der Waals surface area (Å²) in [5, 5.41) is 1.08. The van der Waals surface area contributed by atoms with Gasteiger partial charge in [-0.1, -0.05) is 30.4 Å². The van der Waals surface area contributed by atoms with Gasteiger partial charge in [0.25, 0.3) is 0 Å². The van der Waals surface area contributed by atoms with E-state index in [1.165, 1.54) is 0 Å². The van der Waals surface area contributed by atoms with E-state index in [9.17, 15) is 0 Å². The molecular weight excluding hydrogens is 280 g/mol. The van der Waals surface area contributed by atoms with E-state index < -0.39 is 0 Å². The molecular formula is C16H20N4S. The van der Waals surface area contributed by atoms with E-state index in [0.29, 0.717) is 11.0 Å². The third kappa shape index (κ3) is 2.71. The Morgan fingerprint density at radius 2 is 2.10 bits per heavy atom. The Hall–Kier alpha value is -1.72. The zero-order valence-corrected chi connectivity index (χ0v) is 13.2. The molecule has 0 bridgehead atoms. The normalized spacial score (nSPS) is 19.9. The first-order valence-corrected chi connectivity index (χ1v) is 7.62. The molecule has 1 aliphatic rings. The summed E-state index contributed by atoms with van der Waals surface area (Å²) >= 11 is 5.24. The third-order valence-corrected chi connectivity index (χ3v) is 4.45. The second kappa shape index (κ2) is 5.58. The minimum Gasteiger partial charge on any atom is -0.389 e. The molecule has 110 valence electrons. The van der Waals surface area contributed by atoms with Crippen LogP contribution in [0.2, 0.25) is 0 Å². The van der Waals surface area contributed by atoms with Gasteiger partial charge in [-0.15, -0.1) is 0 Å². The van der Waals surface area contributed by atoms with Crippen LogP contribution in [0.5, 0.6) is 0 Å². The highest BCUT2D eigenvalue weighted by Crippen LogP contribution is 2.25. The first-order valence-electron chi connectivity index (χ1n) is 7.21. The van der Waals surface area contributed by atoms with E-state index in [-0.39, 0.29) is 0 Å². The zero-order valence-electron chi connectivity index (χ0n) is 12.4. The van der Waals surface area contributed by atoms with Crippen molar-refractivity contribution < 1.29 is 0 Å². The SMILES string of the molecule is CC1CN(c2nc3ccccc3cc2C(N)=S)CCN1C. The number of fused-ring (bicyclic) bond motifs is 1. The molecule has 0 amide bonds. The number of benzene rings is 1. The standard InChI is InChI=1S/C16H20N4S/c1-11-10-20(8-7-19(11)2)16-13(15(17)21)9-12-5-3-4-6-14(12)18-16/h3-6,9,11H,7-8,10H2,1-2H3,(H2,17,21). The molecule has 2 N–H and O–H groups in total. The lowest BCUT2D eigenvalue weighted by molar-refractivity contribution is 0.233. The van der Waals surface area contributed by atoms with E-state index in [2.05, 4.69) is 29.8 Å². The van der Waals surface area contributed by atoms with E-state index in [4.69, 9.17) is 22.9 Å². The van der Waals surface area contributed by atoms with Crippen LogP contribution in [-0.4, -0.2) is 47.6 Å². The van der Waals surface area contributed by atoms with Crippen molar-refractivity contribution in [2.24, 2.45) is 5.73 Å². The Bertz CT molecular complexity index is 685. The fourth-order valence-corrected chi connectivity index (χ4v) is 2.92. The molecule has 2 aromatic rings. The molecule has 2 heterocycles. The molecule has 1 fully saturated rings. The fraction of sp³-hybridized carbons (Fsp3) is 0.375. The van der Waals surface area contributed by atoms with Crippen LogP contribution in [0.15, 0.2) is 30.3 Å². The largest absolute Gasteiger partial charge is 0.389 e. The molecule has 4 nitrogen and oxygen atoms in total. The van der Waals surface area contributed by atoms with Gasteiger partial charge < -0.3 is 15.5 Å². The molecule has 21 heavy (non-hydrogen) atoms. The van der Waals surface area contributed by atoms with Gasteiger partial charge in [0.05, 0.1) is 11.1 Å². The van der Waals surface area contributed by atoms with Crippen LogP contribution in [-0.2, 0) is 0 Å². The van der Waals surface area contributed by atoms with Crippen molar-refractivity contribution >= 4 is 33.9 Å². The molecule has 1 aromatic heterocycles. The second-order valence-corrected chi connectivity index (χ2v) is 6.13. The average Bonchev–Trinajstić information content (AvgIpc) is 2.48. The van der Waals surface area contributed by atoms with Crippen LogP contribution < -0.4 is 10.6 Å². The zero-order chi connectivity index (χ0) is 15.0. The van der Waals surface area contributed by atoms with E-state index in [1.54, 1.807) is 0 Å². The third-order valence-electron chi connectivity index (χ3n) is 4.23. The molecule has 0 radical (unpaired) electrons. The summed E-state index contributed by atoms with van der Waals surface area (Å²) in [5.41, 5.74) is 7.79. The molecule has 5 heteroatoms. The lowest BCUT2D eigenvalue weighted by atomic mass is 10.1. The van der Waals surface area contributed by atoms with Crippen LogP contribution in [0.25, 0.3) is 10.9 Å². The van der Waals surface area contributed by atoms with Crippen LogP contribution in [0.1, 0.15) is 12.5 Å². The molecule has 1 aliphatic heterocycles. The minimum atomic E-state index is 0.412. The Kier molecular flexibility index (Phi) is 3.78.